The summed E-state index contributed by atoms with van der Waals surface area (Å²) in [5.41, 5.74) is 1.04. The van der Waals surface area contributed by atoms with Crippen LogP contribution in [0, 0.1) is 6.92 Å². The quantitative estimate of drug-likeness (QED) is 0.464. The first-order chi connectivity index (χ1) is 13.1. The van der Waals surface area contributed by atoms with Crippen LogP contribution in [0.25, 0.3) is 0 Å². The van der Waals surface area contributed by atoms with E-state index in [0.29, 0.717) is 27.9 Å². The summed E-state index contributed by atoms with van der Waals surface area (Å²) < 4.78 is 15.2. The summed E-state index contributed by atoms with van der Waals surface area (Å²) in [6.07, 6.45) is 3.10. The third-order valence-electron chi connectivity index (χ3n) is 3.40. The van der Waals surface area contributed by atoms with Crippen LogP contribution in [-0.4, -0.2) is 28.6 Å². The van der Waals surface area contributed by atoms with Gasteiger partial charge in [0, 0.05) is 18.0 Å². The van der Waals surface area contributed by atoms with Crippen molar-refractivity contribution in [2.45, 2.75) is 24.2 Å². The molecule has 0 aliphatic carbocycles. The molecule has 0 aliphatic rings. The Bertz CT molecular complexity index is 907. The number of nitrogens with one attached hydrogen (secondary N) is 1. The van der Waals surface area contributed by atoms with Crippen LogP contribution in [-0.2, 0) is 21.8 Å². The molecule has 0 aromatic carbocycles. The Morgan fingerprint density at radius 3 is 2.93 bits per heavy atom. The second-order valence-electron chi connectivity index (χ2n) is 5.51. The highest BCUT2D eigenvalue weighted by Crippen LogP contribution is 2.24. The number of nitrogens with zero attached hydrogens (tertiary/aromatic N) is 2. The molecular formula is C18H17N3O5S. The zero-order chi connectivity index (χ0) is 19.1. The van der Waals surface area contributed by atoms with Gasteiger partial charge in [-0.2, -0.15) is 0 Å². The van der Waals surface area contributed by atoms with E-state index in [1.165, 1.54) is 18.0 Å². The largest absolute Gasteiger partial charge is 0.467 e. The summed E-state index contributed by atoms with van der Waals surface area (Å²) >= 11 is 1.34. The fourth-order valence-electron chi connectivity index (χ4n) is 2.15. The van der Waals surface area contributed by atoms with E-state index in [1.807, 2.05) is 13.0 Å². The Morgan fingerprint density at radius 2 is 2.19 bits per heavy atom. The Balaban J connectivity index is 1.52. The lowest BCUT2D eigenvalue weighted by molar-refractivity contribution is -0.124. The summed E-state index contributed by atoms with van der Waals surface area (Å²) in [5.74, 6) is 0.791. The SMILES string of the molecule is Cc1cc(CSc2ncccc2C(=O)OCC(=O)NCc2ccco2)no1. The number of esters is 1. The fraction of sp³-hybridized carbons (Fsp3) is 0.222. The minimum atomic E-state index is -0.616. The molecule has 0 spiro atoms. The molecule has 9 heteroatoms. The van der Waals surface area contributed by atoms with Gasteiger partial charge in [0.05, 0.1) is 24.1 Å². The number of carbonyl (C=O) groups is 2. The number of thioether (sulfide) groups is 1. The molecule has 0 aliphatic heterocycles. The van der Waals surface area contributed by atoms with E-state index < -0.39 is 11.9 Å². The minimum Gasteiger partial charge on any atom is -0.467 e. The van der Waals surface area contributed by atoms with Gasteiger partial charge < -0.3 is 19.0 Å². The molecule has 0 unspecified atom stereocenters. The predicted octanol–water partition coefficient (Wildman–Crippen LogP) is 2.74. The number of pyridine rings is 1. The second-order valence-corrected chi connectivity index (χ2v) is 6.47. The Morgan fingerprint density at radius 1 is 1.30 bits per heavy atom. The van der Waals surface area contributed by atoms with E-state index >= 15 is 0 Å². The smallest absolute Gasteiger partial charge is 0.341 e. The van der Waals surface area contributed by atoms with Crippen molar-refractivity contribution >= 4 is 23.6 Å². The topological polar surface area (TPSA) is 107 Å². The summed E-state index contributed by atoms with van der Waals surface area (Å²) in [5, 5.41) is 7.01. The summed E-state index contributed by atoms with van der Waals surface area (Å²) in [6, 6.07) is 8.52. The van der Waals surface area contributed by atoms with Gasteiger partial charge in [-0.1, -0.05) is 16.9 Å². The summed E-state index contributed by atoms with van der Waals surface area (Å²) in [6.45, 7) is 1.65. The van der Waals surface area contributed by atoms with Gasteiger partial charge in [0.15, 0.2) is 6.61 Å². The first-order valence-electron chi connectivity index (χ1n) is 8.08. The van der Waals surface area contributed by atoms with Gasteiger partial charge in [-0.3, -0.25) is 4.79 Å². The maximum atomic E-state index is 12.3. The Labute approximate surface area is 159 Å². The molecule has 0 saturated carbocycles. The van der Waals surface area contributed by atoms with Gasteiger partial charge in [0.25, 0.3) is 5.91 Å². The number of furan rings is 1. The van der Waals surface area contributed by atoms with Crippen LogP contribution in [0.15, 0.2) is 56.8 Å². The van der Waals surface area contributed by atoms with Gasteiger partial charge in [-0.15, -0.1) is 0 Å². The number of aromatic nitrogens is 2. The number of aryl methyl sites for hydroxylation is 1. The molecule has 1 amide bonds. The lowest BCUT2D eigenvalue weighted by Gasteiger charge is -2.08. The van der Waals surface area contributed by atoms with E-state index in [-0.39, 0.29) is 13.2 Å². The summed E-state index contributed by atoms with van der Waals surface area (Å²) in [7, 11) is 0. The number of hydrogen-bond donors (Lipinski definition) is 1. The molecule has 3 aromatic rings. The van der Waals surface area contributed by atoms with Crippen molar-refractivity contribution in [2.75, 3.05) is 6.61 Å². The number of rotatable bonds is 8. The van der Waals surface area contributed by atoms with Crippen molar-refractivity contribution in [1.29, 1.82) is 0 Å². The molecule has 27 heavy (non-hydrogen) atoms. The molecule has 0 atom stereocenters. The fourth-order valence-corrected chi connectivity index (χ4v) is 3.01. The molecule has 0 bridgehead atoms. The maximum Gasteiger partial charge on any atom is 0.341 e. The molecular weight excluding hydrogens is 370 g/mol. The first-order valence-corrected chi connectivity index (χ1v) is 9.06. The van der Waals surface area contributed by atoms with Crippen molar-refractivity contribution in [3.8, 4) is 0 Å². The third-order valence-corrected chi connectivity index (χ3v) is 4.44. The zero-order valence-electron chi connectivity index (χ0n) is 14.5. The molecule has 0 saturated heterocycles. The maximum absolute atomic E-state index is 12.3. The van der Waals surface area contributed by atoms with Crippen LogP contribution in [0.4, 0.5) is 0 Å². The van der Waals surface area contributed by atoms with E-state index in [0.717, 1.165) is 5.69 Å². The van der Waals surface area contributed by atoms with Crippen molar-refractivity contribution < 1.29 is 23.3 Å². The number of hydrogen-bond acceptors (Lipinski definition) is 8. The van der Waals surface area contributed by atoms with Crippen LogP contribution in [0.1, 0.15) is 27.6 Å². The van der Waals surface area contributed by atoms with Gasteiger partial charge in [0.1, 0.15) is 16.5 Å². The van der Waals surface area contributed by atoms with Crippen LogP contribution in [0.2, 0.25) is 0 Å². The van der Waals surface area contributed by atoms with Crippen LogP contribution in [0.5, 0.6) is 0 Å². The molecule has 8 nitrogen and oxygen atoms in total. The normalized spacial score (nSPS) is 10.6. The highest BCUT2D eigenvalue weighted by molar-refractivity contribution is 7.98. The molecule has 3 aromatic heterocycles. The molecule has 3 rings (SSSR count). The van der Waals surface area contributed by atoms with Gasteiger partial charge in [-0.25, -0.2) is 9.78 Å². The predicted molar refractivity (Wildman–Crippen MR) is 95.9 cm³/mol. The van der Waals surface area contributed by atoms with Crippen molar-refractivity contribution in [3.63, 3.8) is 0 Å². The third kappa shape index (κ3) is 5.45. The minimum absolute atomic E-state index is 0.231. The Hall–Kier alpha value is -3.07. The highest BCUT2D eigenvalue weighted by atomic mass is 32.2. The van der Waals surface area contributed by atoms with Crippen molar-refractivity contribution in [3.05, 3.63) is 65.6 Å². The van der Waals surface area contributed by atoms with E-state index in [2.05, 4.69) is 15.5 Å². The second kappa shape index (κ2) is 9.04. The number of carbonyl (C=O) groups excluding carboxylic acids is 2. The lowest BCUT2D eigenvalue weighted by atomic mass is 10.3. The number of ether oxygens (including phenoxy) is 1. The van der Waals surface area contributed by atoms with Crippen LogP contribution >= 0.6 is 11.8 Å². The molecule has 0 radical (unpaired) electrons. The van der Waals surface area contributed by atoms with Crippen molar-refractivity contribution in [1.82, 2.24) is 15.5 Å². The van der Waals surface area contributed by atoms with E-state index in [9.17, 15) is 9.59 Å². The Kier molecular flexibility index (Phi) is 6.26. The lowest BCUT2D eigenvalue weighted by Crippen LogP contribution is -2.28. The summed E-state index contributed by atoms with van der Waals surface area (Å²) in [4.78, 5) is 28.3. The molecule has 1 N–H and O–H groups in total. The average Bonchev–Trinajstić information content (AvgIpc) is 3.34. The van der Waals surface area contributed by atoms with E-state index in [1.54, 1.807) is 30.5 Å². The van der Waals surface area contributed by atoms with Gasteiger partial charge in [0.2, 0.25) is 0 Å². The van der Waals surface area contributed by atoms with Gasteiger partial charge in [-0.05, 0) is 31.2 Å². The van der Waals surface area contributed by atoms with Gasteiger partial charge >= 0.3 is 5.97 Å². The highest BCUT2D eigenvalue weighted by Gasteiger charge is 2.16. The standard InChI is InChI=1S/C18H17N3O5S/c1-12-8-13(21-26-12)11-27-17-15(5-2-6-19-17)18(23)25-10-16(22)20-9-14-4-3-7-24-14/h2-8H,9-11H2,1H3,(H,20,22). The van der Waals surface area contributed by atoms with Crippen LogP contribution < -0.4 is 5.32 Å². The van der Waals surface area contributed by atoms with Crippen LogP contribution in [0.3, 0.4) is 0 Å². The molecule has 140 valence electrons. The van der Waals surface area contributed by atoms with E-state index in [4.69, 9.17) is 13.7 Å². The monoisotopic (exact) mass is 387 g/mol. The zero-order valence-corrected chi connectivity index (χ0v) is 15.3. The molecule has 3 heterocycles. The molecule has 0 fully saturated rings. The average molecular weight is 387 g/mol. The van der Waals surface area contributed by atoms with Crippen molar-refractivity contribution in [2.24, 2.45) is 0 Å². The first kappa shape index (κ1) is 18.7. The number of amides is 1.